The molecule has 0 saturated heterocycles. The summed E-state index contributed by atoms with van der Waals surface area (Å²) in [4.78, 5) is 12.5. The van der Waals surface area contributed by atoms with Crippen LogP contribution in [-0.4, -0.2) is 42.3 Å². The molecule has 0 radical (unpaired) electrons. The Labute approximate surface area is 78.5 Å². The Bertz CT molecular complexity index is 153. The number of rotatable bonds is 7. The molecule has 0 bridgehead atoms. The van der Waals surface area contributed by atoms with E-state index in [2.05, 4.69) is 0 Å². The number of alkyl halides is 1. The minimum absolute atomic E-state index is 0.335. The molecule has 0 heterocycles. The highest BCUT2D eigenvalue weighted by Gasteiger charge is 2.14. The van der Waals surface area contributed by atoms with Crippen LogP contribution in [-0.2, 0) is 4.79 Å². The van der Waals surface area contributed by atoms with Gasteiger partial charge in [-0.3, -0.25) is 9.18 Å². The van der Waals surface area contributed by atoms with Crippen molar-refractivity contribution in [3.05, 3.63) is 0 Å². The Morgan fingerprint density at radius 1 is 1.62 bits per heavy atom. The molecule has 4 heteroatoms. The van der Waals surface area contributed by atoms with Gasteiger partial charge in [-0.25, -0.2) is 0 Å². The van der Waals surface area contributed by atoms with Crippen LogP contribution in [0, 0.1) is 5.92 Å². The highest BCUT2D eigenvalue weighted by molar-refractivity contribution is 5.69. The molecule has 0 aromatic rings. The summed E-state index contributed by atoms with van der Waals surface area (Å²) in [7, 11) is 0. The Morgan fingerprint density at radius 2 is 2.23 bits per heavy atom. The van der Waals surface area contributed by atoms with Gasteiger partial charge in [0, 0.05) is 13.1 Å². The second kappa shape index (κ2) is 6.83. The molecule has 1 unspecified atom stereocenters. The number of carboxylic acids is 1. The standard InChI is InChI=1S/C9H18FNO2/c1-3-11(6-4-5-10)7-8(2)9(12)13/h8H,3-7H2,1-2H3,(H,12,13). The molecule has 0 fully saturated rings. The van der Waals surface area contributed by atoms with Gasteiger partial charge in [-0.1, -0.05) is 13.8 Å². The van der Waals surface area contributed by atoms with Crippen molar-refractivity contribution in [2.45, 2.75) is 20.3 Å². The normalized spacial score (nSPS) is 13.2. The Morgan fingerprint density at radius 3 is 2.62 bits per heavy atom. The first-order valence-corrected chi connectivity index (χ1v) is 4.63. The molecule has 1 atom stereocenters. The van der Waals surface area contributed by atoms with E-state index in [-0.39, 0.29) is 12.6 Å². The summed E-state index contributed by atoms with van der Waals surface area (Å²) in [6.45, 7) is 5.21. The molecule has 0 aromatic carbocycles. The van der Waals surface area contributed by atoms with Crippen molar-refractivity contribution in [1.29, 1.82) is 0 Å². The van der Waals surface area contributed by atoms with Crippen LogP contribution in [0.2, 0.25) is 0 Å². The van der Waals surface area contributed by atoms with Crippen LogP contribution in [0.3, 0.4) is 0 Å². The van der Waals surface area contributed by atoms with Gasteiger partial charge >= 0.3 is 5.97 Å². The van der Waals surface area contributed by atoms with E-state index in [1.807, 2.05) is 11.8 Å². The number of carboxylic acid groups (broad SMARTS) is 1. The summed E-state index contributed by atoms with van der Waals surface area (Å²) in [5.41, 5.74) is 0. The summed E-state index contributed by atoms with van der Waals surface area (Å²) in [6, 6.07) is 0. The van der Waals surface area contributed by atoms with Gasteiger partial charge in [0.1, 0.15) is 0 Å². The summed E-state index contributed by atoms with van der Waals surface area (Å²) in [6.07, 6.45) is 0.486. The average molecular weight is 191 g/mol. The minimum Gasteiger partial charge on any atom is -0.481 e. The van der Waals surface area contributed by atoms with Crippen molar-refractivity contribution < 1.29 is 14.3 Å². The van der Waals surface area contributed by atoms with Crippen LogP contribution in [0.1, 0.15) is 20.3 Å². The Kier molecular flexibility index (Phi) is 6.49. The van der Waals surface area contributed by atoms with E-state index in [1.54, 1.807) is 6.92 Å². The van der Waals surface area contributed by atoms with E-state index in [9.17, 15) is 9.18 Å². The zero-order valence-electron chi connectivity index (χ0n) is 8.29. The fourth-order valence-corrected chi connectivity index (χ4v) is 1.13. The molecule has 0 spiro atoms. The van der Waals surface area contributed by atoms with Crippen LogP contribution in [0.15, 0.2) is 0 Å². The molecule has 13 heavy (non-hydrogen) atoms. The van der Waals surface area contributed by atoms with Gasteiger partial charge < -0.3 is 10.0 Å². The molecular formula is C9H18FNO2. The highest BCUT2D eigenvalue weighted by atomic mass is 19.1. The van der Waals surface area contributed by atoms with Gasteiger partial charge in [0.15, 0.2) is 0 Å². The molecule has 0 aliphatic rings. The lowest BCUT2D eigenvalue weighted by Gasteiger charge is -2.21. The summed E-state index contributed by atoms with van der Waals surface area (Å²) in [5, 5.41) is 8.65. The van der Waals surface area contributed by atoms with Crippen LogP contribution >= 0.6 is 0 Å². The van der Waals surface area contributed by atoms with E-state index in [1.165, 1.54) is 0 Å². The molecule has 3 nitrogen and oxygen atoms in total. The first kappa shape index (κ1) is 12.4. The molecule has 1 N–H and O–H groups in total. The van der Waals surface area contributed by atoms with E-state index in [4.69, 9.17) is 5.11 Å². The van der Waals surface area contributed by atoms with Gasteiger partial charge in [-0.2, -0.15) is 0 Å². The topological polar surface area (TPSA) is 40.5 Å². The van der Waals surface area contributed by atoms with E-state index >= 15 is 0 Å². The van der Waals surface area contributed by atoms with Crippen LogP contribution < -0.4 is 0 Å². The third kappa shape index (κ3) is 5.58. The molecule has 0 aromatic heterocycles. The van der Waals surface area contributed by atoms with Gasteiger partial charge in [0.2, 0.25) is 0 Å². The lowest BCUT2D eigenvalue weighted by molar-refractivity contribution is -0.141. The maximum atomic E-state index is 11.8. The zero-order valence-corrected chi connectivity index (χ0v) is 8.29. The summed E-state index contributed by atoms with van der Waals surface area (Å²) in [5.74, 6) is -1.17. The van der Waals surface area contributed by atoms with Gasteiger partial charge in [-0.15, -0.1) is 0 Å². The fraction of sp³-hybridized carbons (Fsp3) is 0.889. The smallest absolute Gasteiger partial charge is 0.307 e. The van der Waals surface area contributed by atoms with Crippen molar-refractivity contribution in [3.8, 4) is 0 Å². The van der Waals surface area contributed by atoms with Crippen molar-refractivity contribution >= 4 is 5.97 Å². The van der Waals surface area contributed by atoms with E-state index in [0.29, 0.717) is 19.5 Å². The van der Waals surface area contributed by atoms with E-state index in [0.717, 1.165) is 6.54 Å². The molecule has 0 saturated carbocycles. The van der Waals surface area contributed by atoms with Crippen molar-refractivity contribution in [1.82, 2.24) is 4.90 Å². The zero-order chi connectivity index (χ0) is 10.3. The first-order valence-electron chi connectivity index (χ1n) is 4.63. The highest BCUT2D eigenvalue weighted by Crippen LogP contribution is 2.01. The third-order valence-electron chi connectivity index (χ3n) is 2.01. The molecule has 0 rings (SSSR count). The van der Waals surface area contributed by atoms with Crippen LogP contribution in [0.25, 0.3) is 0 Å². The Hall–Kier alpha value is -0.640. The molecule has 0 amide bonds. The van der Waals surface area contributed by atoms with Crippen molar-refractivity contribution in [3.63, 3.8) is 0 Å². The maximum Gasteiger partial charge on any atom is 0.307 e. The monoisotopic (exact) mass is 191 g/mol. The fourth-order valence-electron chi connectivity index (χ4n) is 1.13. The second-order valence-electron chi connectivity index (χ2n) is 3.18. The number of halogens is 1. The predicted molar refractivity (Wildman–Crippen MR) is 49.5 cm³/mol. The summed E-state index contributed by atoms with van der Waals surface area (Å²) < 4.78 is 11.8. The quantitative estimate of drug-likeness (QED) is 0.661. The molecule has 78 valence electrons. The predicted octanol–water partition coefficient (Wildman–Crippen LogP) is 1.39. The lowest BCUT2D eigenvalue weighted by atomic mass is 10.1. The Balaban J connectivity index is 3.75. The SMILES string of the molecule is CCN(CCCF)CC(C)C(=O)O. The van der Waals surface area contributed by atoms with Gasteiger partial charge in [-0.05, 0) is 13.0 Å². The van der Waals surface area contributed by atoms with Crippen LogP contribution in [0.5, 0.6) is 0 Å². The van der Waals surface area contributed by atoms with Gasteiger partial charge in [0.05, 0.1) is 12.6 Å². The number of carbonyl (C=O) groups is 1. The average Bonchev–Trinajstić information content (AvgIpc) is 2.11. The number of nitrogens with zero attached hydrogens (tertiary/aromatic N) is 1. The van der Waals surface area contributed by atoms with Crippen molar-refractivity contribution in [2.24, 2.45) is 5.92 Å². The van der Waals surface area contributed by atoms with Crippen molar-refractivity contribution in [2.75, 3.05) is 26.3 Å². The van der Waals surface area contributed by atoms with Crippen LogP contribution in [0.4, 0.5) is 4.39 Å². The number of hydrogen-bond acceptors (Lipinski definition) is 2. The number of aliphatic carboxylic acids is 1. The number of hydrogen-bond donors (Lipinski definition) is 1. The third-order valence-corrected chi connectivity index (χ3v) is 2.01. The minimum atomic E-state index is -0.793. The largest absolute Gasteiger partial charge is 0.481 e. The van der Waals surface area contributed by atoms with Gasteiger partial charge in [0.25, 0.3) is 0 Å². The molecular weight excluding hydrogens is 173 g/mol. The van der Waals surface area contributed by atoms with E-state index < -0.39 is 5.97 Å². The molecule has 0 aliphatic heterocycles. The summed E-state index contributed by atoms with van der Waals surface area (Å²) >= 11 is 0. The maximum absolute atomic E-state index is 11.8. The second-order valence-corrected chi connectivity index (χ2v) is 3.18. The molecule has 0 aliphatic carbocycles. The first-order chi connectivity index (χ1) is 6.11. The lowest BCUT2D eigenvalue weighted by Crippen LogP contribution is -2.32.